The summed E-state index contributed by atoms with van der Waals surface area (Å²) < 4.78 is 5.18. The molecule has 1 rings (SSSR count). The van der Waals surface area contributed by atoms with Crippen molar-refractivity contribution in [1.82, 2.24) is 0 Å². The Labute approximate surface area is 81.7 Å². The lowest BCUT2D eigenvalue weighted by Crippen LogP contribution is -1.91. The number of benzene rings is 1. The largest absolute Gasteiger partial charge is 0.496 e. The van der Waals surface area contributed by atoms with Crippen molar-refractivity contribution in [3.05, 3.63) is 28.8 Å². The van der Waals surface area contributed by atoms with E-state index in [1.807, 2.05) is 19.9 Å². The first-order valence-corrected chi connectivity index (χ1v) is 4.77. The molecular formula is C12H20O. The van der Waals surface area contributed by atoms with Gasteiger partial charge in [0.2, 0.25) is 0 Å². The maximum absolute atomic E-state index is 5.18. The van der Waals surface area contributed by atoms with E-state index in [0.29, 0.717) is 0 Å². The first kappa shape index (κ1) is 12.0. The van der Waals surface area contributed by atoms with Gasteiger partial charge in [-0.2, -0.15) is 0 Å². The second-order valence-electron chi connectivity index (χ2n) is 2.83. The smallest absolute Gasteiger partial charge is 0.122 e. The molecule has 0 saturated carbocycles. The van der Waals surface area contributed by atoms with Crippen molar-refractivity contribution >= 4 is 0 Å². The van der Waals surface area contributed by atoms with Crippen LogP contribution in [-0.4, -0.2) is 7.11 Å². The summed E-state index contributed by atoms with van der Waals surface area (Å²) in [6.07, 6.45) is 0. The van der Waals surface area contributed by atoms with Crippen LogP contribution in [0.4, 0.5) is 0 Å². The van der Waals surface area contributed by atoms with Crippen molar-refractivity contribution in [2.24, 2.45) is 0 Å². The van der Waals surface area contributed by atoms with Crippen molar-refractivity contribution in [3.63, 3.8) is 0 Å². The molecule has 0 spiro atoms. The van der Waals surface area contributed by atoms with E-state index in [2.05, 4.69) is 26.8 Å². The molecular weight excluding hydrogens is 160 g/mol. The minimum atomic E-state index is 0.980. The van der Waals surface area contributed by atoms with E-state index in [0.717, 1.165) is 5.75 Å². The summed E-state index contributed by atoms with van der Waals surface area (Å²) in [7, 11) is 1.71. The van der Waals surface area contributed by atoms with E-state index < -0.39 is 0 Å². The van der Waals surface area contributed by atoms with Crippen LogP contribution in [0.5, 0.6) is 5.75 Å². The van der Waals surface area contributed by atoms with Crippen LogP contribution in [-0.2, 0) is 0 Å². The Bertz CT molecular complexity index is 264. The summed E-state index contributed by atoms with van der Waals surface area (Å²) in [5, 5.41) is 0. The molecule has 0 fully saturated rings. The number of methoxy groups -OCH3 is 1. The zero-order valence-electron chi connectivity index (χ0n) is 9.56. The van der Waals surface area contributed by atoms with Gasteiger partial charge in [0.15, 0.2) is 0 Å². The molecule has 0 radical (unpaired) electrons. The number of hydrogen-bond donors (Lipinski definition) is 0. The fourth-order valence-corrected chi connectivity index (χ4v) is 1.15. The molecule has 0 bridgehead atoms. The van der Waals surface area contributed by atoms with Gasteiger partial charge in [0.1, 0.15) is 5.75 Å². The quantitative estimate of drug-likeness (QED) is 0.641. The Hall–Kier alpha value is -0.980. The monoisotopic (exact) mass is 180 g/mol. The van der Waals surface area contributed by atoms with Crippen molar-refractivity contribution in [2.75, 3.05) is 7.11 Å². The molecule has 1 heteroatoms. The molecule has 0 aliphatic heterocycles. The van der Waals surface area contributed by atoms with Gasteiger partial charge in [-0.3, -0.25) is 0 Å². The average molecular weight is 180 g/mol. The molecule has 1 aromatic rings. The predicted octanol–water partition coefficient (Wildman–Crippen LogP) is 3.65. The molecule has 74 valence electrons. The Balaban J connectivity index is 0.000000671. The summed E-state index contributed by atoms with van der Waals surface area (Å²) >= 11 is 0. The van der Waals surface area contributed by atoms with E-state index in [4.69, 9.17) is 4.74 Å². The molecule has 13 heavy (non-hydrogen) atoms. The van der Waals surface area contributed by atoms with Crippen LogP contribution < -0.4 is 4.74 Å². The third-order valence-electron chi connectivity index (χ3n) is 2.23. The van der Waals surface area contributed by atoms with E-state index in [1.54, 1.807) is 7.11 Å². The number of aryl methyl sites for hydroxylation is 1. The zero-order valence-corrected chi connectivity index (χ0v) is 9.56. The fourth-order valence-electron chi connectivity index (χ4n) is 1.15. The lowest BCUT2D eigenvalue weighted by Gasteiger charge is -2.08. The number of rotatable bonds is 1. The molecule has 0 aromatic heterocycles. The Kier molecular flexibility index (Phi) is 5.20. The van der Waals surface area contributed by atoms with Crippen LogP contribution in [0.25, 0.3) is 0 Å². The standard InChI is InChI=1S/C10H14O.C2H6/c1-7-5-6-10(11-4)9(3)8(7)2;1-2/h5-6H,1-4H3;1-2H3. The predicted molar refractivity (Wildman–Crippen MR) is 58.6 cm³/mol. The molecule has 0 N–H and O–H groups in total. The van der Waals surface area contributed by atoms with Crippen LogP contribution in [0.3, 0.4) is 0 Å². The highest BCUT2D eigenvalue weighted by molar-refractivity contribution is 5.42. The van der Waals surface area contributed by atoms with E-state index in [1.165, 1.54) is 16.7 Å². The second-order valence-corrected chi connectivity index (χ2v) is 2.83. The van der Waals surface area contributed by atoms with Crippen molar-refractivity contribution in [1.29, 1.82) is 0 Å². The molecule has 0 amide bonds. The minimum absolute atomic E-state index is 0.980. The van der Waals surface area contributed by atoms with Crippen molar-refractivity contribution < 1.29 is 4.74 Å². The fraction of sp³-hybridized carbons (Fsp3) is 0.500. The molecule has 0 atom stereocenters. The van der Waals surface area contributed by atoms with Crippen LogP contribution in [0.2, 0.25) is 0 Å². The second kappa shape index (κ2) is 5.63. The Morgan fingerprint density at radius 3 is 1.92 bits per heavy atom. The summed E-state index contributed by atoms with van der Waals surface area (Å²) in [4.78, 5) is 0. The lowest BCUT2D eigenvalue weighted by atomic mass is 10.0. The van der Waals surface area contributed by atoms with Gasteiger partial charge in [0.05, 0.1) is 7.11 Å². The molecule has 1 aromatic carbocycles. The van der Waals surface area contributed by atoms with E-state index in [-0.39, 0.29) is 0 Å². The molecule has 0 aliphatic rings. The third-order valence-corrected chi connectivity index (χ3v) is 2.23. The summed E-state index contributed by atoms with van der Waals surface area (Å²) in [5.74, 6) is 0.980. The van der Waals surface area contributed by atoms with Crippen LogP contribution in [0.15, 0.2) is 12.1 Å². The molecule has 0 saturated heterocycles. The van der Waals surface area contributed by atoms with Crippen molar-refractivity contribution in [2.45, 2.75) is 34.6 Å². The van der Waals surface area contributed by atoms with Crippen molar-refractivity contribution in [3.8, 4) is 5.75 Å². The first-order valence-electron chi connectivity index (χ1n) is 4.77. The normalized spacial score (nSPS) is 8.77. The number of ether oxygens (including phenoxy) is 1. The maximum atomic E-state index is 5.18. The summed E-state index contributed by atoms with van der Waals surface area (Å²) in [6.45, 7) is 10.3. The van der Waals surface area contributed by atoms with E-state index in [9.17, 15) is 0 Å². The van der Waals surface area contributed by atoms with Gasteiger partial charge in [-0.05, 0) is 43.5 Å². The van der Waals surface area contributed by atoms with Gasteiger partial charge < -0.3 is 4.74 Å². The summed E-state index contributed by atoms with van der Waals surface area (Å²) in [6, 6.07) is 4.10. The Morgan fingerprint density at radius 2 is 1.46 bits per heavy atom. The van der Waals surface area contributed by atoms with Gasteiger partial charge >= 0.3 is 0 Å². The van der Waals surface area contributed by atoms with Crippen LogP contribution in [0, 0.1) is 20.8 Å². The minimum Gasteiger partial charge on any atom is -0.496 e. The third kappa shape index (κ3) is 2.76. The molecule has 0 aliphatic carbocycles. The number of hydrogen-bond acceptors (Lipinski definition) is 1. The van der Waals surface area contributed by atoms with Gasteiger partial charge in [0, 0.05) is 0 Å². The van der Waals surface area contributed by atoms with Gasteiger partial charge in [-0.1, -0.05) is 19.9 Å². The first-order chi connectivity index (χ1) is 6.16. The maximum Gasteiger partial charge on any atom is 0.122 e. The van der Waals surface area contributed by atoms with Crippen LogP contribution >= 0.6 is 0 Å². The van der Waals surface area contributed by atoms with Gasteiger partial charge in [0.25, 0.3) is 0 Å². The van der Waals surface area contributed by atoms with Crippen LogP contribution in [0.1, 0.15) is 30.5 Å². The highest BCUT2D eigenvalue weighted by Gasteiger charge is 2.01. The highest BCUT2D eigenvalue weighted by atomic mass is 16.5. The highest BCUT2D eigenvalue weighted by Crippen LogP contribution is 2.22. The SMILES string of the molecule is CC.COc1ccc(C)c(C)c1C. The van der Waals surface area contributed by atoms with Gasteiger partial charge in [-0.15, -0.1) is 0 Å². The Morgan fingerprint density at radius 1 is 0.923 bits per heavy atom. The van der Waals surface area contributed by atoms with E-state index >= 15 is 0 Å². The topological polar surface area (TPSA) is 9.23 Å². The zero-order chi connectivity index (χ0) is 10.4. The lowest BCUT2D eigenvalue weighted by molar-refractivity contribution is 0.411. The molecule has 1 nitrogen and oxygen atoms in total. The molecule has 0 unspecified atom stereocenters. The summed E-state index contributed by atoms with van der Waals surface area (Å²) in [5.41, 5.74) is 3.89. The van der Waals surface area contributed by atoms with Gasteiger partial charge in [-0.25, -0.2) is 0 Å². The average Bonchev–Trinajstić information content (AvgIpc) is 2.18. The molecule has 0 heterocycles.